The molecule has 0 bridgehead atoms. The monoisotopic (exact) mass is 339 g/mol. The largest absolute Gasteiger partial charge is 0.497 e. The Bertz CT molecular complexity index is 735. The number of rotatable bonds is 8. The summed E-state index contributed by atoms with van der Waals surface area (Å²) < 4.78 is 5.11. The third kappa shape index (κ3) is 5.75. The number of amides is 1. The molecule has 2 aromatic carbocycles. The number of ether oxygens (including phenoxy) is 1. The second-order valence-electron chi connectivity index (χ2n) is 6.17. The first-order valence-electron chi connectivity index (χ1n) is 8.49. The molecule has 0 aliphatic heterocycles. The van der Waals surface area contributed by atoms with Crippen LogP contribution in [0, 0.1) is 13.8 Å². The summed E-state index contributed by atoms with van der Waals surface area (Å²) in [6.45, 7) is 4.56. The first-order chi connectivity index (χ1) is 12.0. The van der Waals surface area contributed by atoms with Crippen molar-refractivity contribution >= 4 is 11.7 Å². The number of benzene rings is 2. The van der Waals surface area contributed by atoms with Crippen LogP contribution in [0.15, 0.2) is 42.5 Å². The van der Waals surface area contributed by atoms with Crippen LogP contribution in [0.3, 0.4) is 0 Å². The van der Waals surface area contributed by atoms with Gasteiger partial charge in [-0.15, -0.1) is 0 Å². The SMILES string of the molecule is COc1ccc(CCNC(=O)CCC(=O)c2ccc(C)c(C)c2)cc1. The molecule has 2 rings (SSSR count). The topological polar surface area (TPSA) is 55.4 Å². The van der Waals surface area contributed by atoms with Gasteiger partial charge in [-0.25, -0.2) is 0 Å². The second kappa shape index (κ2) is 9.02. The molecule has 0 aromatic heterocycles. The van der Waals surface area contributed by atoms with E-state index < -0.39 is 0 Å². The van der Waals surface area contributed by atoms with Crippen LogP contribution in [0.1, 0.15) is 39.9 Å². The summed E-state index contributed by atoms with van der Waals surface area (Å²) in [4.78, 5) is 24.1. The van der Waals surface area contributed by atoms with Crippen LogP contribution >= 0.6 is 0 Å². The third-order valence-electron chi connectivity index (χ3n) is 4.30. The lowest BCUT2D eigenvalue weighted by Gasteiger charge is -2.07. The minimum Gasteiger partial charge on any atom is -0.497 e. The Hall–Kier alpha value is -2.62. The van der Waals surface area contributed by atoms with Crippen LogP contribution in [-0.2, 0) is 11.2 Å². The zero-order valence-corrected chi connectivity index (χ0v) is 15.1. The number of ketones is 1. The summed E-state index contributed by atoms with van der Waals surface area (Å²) in [5.74, 6) is 0.733. The van der Waals surface area contributed by atoms with Gasteiger partial charge >= 0.3 is 0 Å². The molecule has 0 atom stereocenters. The molecule has 132 valence electrons. The normalized spacial score (nSPS) is 10.4. The highest BCUT2D eigenvalue weighted by Crippen LogP contribution is 2.13. The van der Waals surface area contributed by atoms with Gasteiger partial charge < -0.3 is 10.1 Å². The van der Waals surface area contributed by atoms with Crippen molar-refractivity contribution in [1.82, 2.24) is 5.32 Å². The van der Waals surface area contributed by atoms with E-state index in [1.165, 1.54) is 0 Å². The van der Waals surface area contributed by atoms with Gasteiger partial charge in [0.15, 0.2) is 5.78 Å². The molecule has 1 N–H and O–H groups in total. The van der Waals surface area contributed by atoms with Gasteiger partial charge in [0.05, 0.1) is 7.11 Å². The predicted molar refractivity (Wildman–Crippen MR) is 99.2 cm³/mol. The average Bonchev–Trinajstić information content (AvgIpc) is 2.62. The zero-order chi connectivity index (χ0) is 18.2. The fourth-order valence-corrected chi connectivity index (χ4v) is 2.51. The van der Waals surface area contributed by atoms with Crippen LogP contribution in [0.4, 0.5) is 0 Å². The van der Waals surface area contributed by atoms with E-state index in [2.05, 4.69) is 5.32 Å². The minimum absolute atomic E-state index is 0.00778. The molecule has 4 nitrogen and oxygen atoms in total. The number of methoxy groups -OCH3 is 1. The Balaban J connectivity index is 1.72. The van der Waals surface area contributed by atoms with E-state index in [9.17, 15) is 9.59 Å². The Morgan fingerprint density at radius 3 is 2.32 bits per heavy atom. The van der Waals surface area contributed by atoms with Crippen LogP contribution < -0.4 is 10.1 Å². The van der Waals surface area contributed by atoms with E-state index in [1.54, 1.807) is 7.11 Å². The molecule has 0 radical (unpaired) electrons. The number of nitrogens with one attached hydrogen (secondary N) is 1. The van der Waals surface area contributed by atoms with Gasteiger partial charge in [0, 0.05) is 24.9 Å². The number of aryl methyl sites for hydroxylation is 2. The van der Waals surface area contributed by atoms with Crippen molar-refractivity contribution in [2.24, 2.45) is 0 Å². The molecule has 0 spiro atoms. The number of carbonyl (C=O) groups is 2. The molecule has 0 heterocycles. The number of carbonyl (C=O) groups excluding carboxylic acids is 2. The summed E-state index contributed by atoms with van der Waals surface area (Å²) in [5.41, 5.74) is 4.06. The highest BCUT2D eigenvalue weighted by atomic mass is 16.5. The highest BCUT2D eigenvalue weighted by Gasteiger charge is 2.10. The molecule has 25 heavy (non-hydrogen) atoms. The molecule has 1 amide bonds. The lowest BCUT2D eigenvalue weighted by Crippen LogP contribution is -2.26. The molecule has 4 heteroatoms. The number of hydrogen-bond donors (Lipinski definition) is 1. The van der Waals surface area contributed by atoms with Crippen LogP contribution in [-0.4, -0.2) is 25.3 Å². The van der Waals surface area contributed by atoms with Crippen LogP contribution in [0.2, 0.25) is 0 Å². The second-order valence-corrected chi connectivity index (χ2v) is 6.17. The van der Waals surface area contributed by atoms with Crippen molar-refractivity contribution in [2.45, 2.75) is 33.1 Å². The van der Waals surface area contributed by atoms with E-state index in [0.717, 1.165) is 28.9 Å². The average molecular weight is 339 g/mol. The van der Waals surface area contributed by atoms with Crippen molar-refractivity contribution in [3.8, 4) is 5.75 Å². The molecule has 0 aliphatic carbocycles. The van der Waals surface area contributed by atoms with Gasteiger partial charge in [0.2, 0.25) is 5.91 Å². The smallest absolute Gasteiger partial charge is 0.220 e. The number of hydrogen-bond acceptors (Lipinski definition) is 3. The fraction of sp³-hybridized carbons (Fsp3) is 0.333. The quantitative estimate of drug-likeness (QED) is 0.747. The number of Topliss-reactive ketones (excluding diaryl/α,β-unsaturated/α-hetero) is 1. The first kappa shape index (κ1) is 18.7. The van der Waals surface area contributed by atoms with E-state index in [4.69, 9.17) is 4.74 Å². The third-order valence-corrected chi connectivity index (χ3v) is 4.30. The summed E-state index contributed by atoms with van der Waals surface area (Å²) >= 11 is 0. The summed E-state index contributed by atoms with van der Waals surface area (Å²) in [6.07, 6.45) is 1.20. The van der Waals surface area contributed by atoms with Crippen molar-refractivity contribution in [3.63, 3.8) is 0 Å². The Labute approximate surface area is 149 Å². The molecule has 0 saturated carbocycles. The summed E-state index contributed by atoms with van der Waals surface area (Å²) in [6, 6.07) is 13.4. The van der Waals surface area contributed by atoms with Gasteiger partial charge in [-0.05, 0) is 55.2 Å². The van der Waals surface area contributed by atoms with Crippen LogP contribution in [0.5, 0.6) is 5.75 Å². The lowest BCUT2D eigenvalue weighted by molar-refractivity contribution is -0.121. The molecule has 0 unspecified atom stereocenters. The predicted octanol–water partition coefficient (Wildman–Crippen LogP) is 3.63. The molecule has 2 aromatic rings. The first-order valence-corrected chi connectivity index (χ1v) is 8.49. The van der Waals surface area contributed by atoms with Crippen molar-refractivity contribution < 1.29 is 14.3 Å². The van der Waals surface area contributed by atoms with Gasteiger partial charge in [-0.3, -0.25) is 9.59 Å². The summed E-state index contributed by atoms with van der Waals surface area (Å²) in [7, 11) is 1.63. The maximum atomic E-state index is 12.2. The van der Waals surface area contributed by atoms with E-state index in [0.29, 0.717) is 12.1 Å². The van der Waals surface area contributed by atoms with Gasteiger partial charge in [0.1, 0.15) is 5.75 Å². The summed E-state index contributed by atoms with van der Waals surface area (Å²) in [5, 5.41) is 2.86. The Morgan fingerprint density at radius 1 is 0.960 bits per heavy atom. The molecular weight excluding hydrogens is 314 g/mol. The molecule has 0 aliphatic rings. The van der Waals surface area contributed by atoms with Crippen molar-refractivity contribution in [2.75, 3.05) is 13.7 Å². The standard InChI is InChI=1S/C21H25NO3/c1-15-4-7-18(14-16(15)2)20(23)10-11-21(24)22-13-12-17-5-8-19(25-3)9-6-17/h4-9,14H,10-13H2,1-3H3,(H,22,24). The molecule has 0 fully saturated rings. The van der Waals surface area contributed by atoms with Crippen molar-refractivity contribution in [3.05, 3.63) is 64.7 Å². The van der Waals surface area contributed by atoms with Crippen molar-refractivity contribution in [1.29, 1.82) is 0 Å². The minimum atomic E-state index is -0.0919. The van der Waals surface area contributed by atoms with E-state index >= 15 is 0 Å². The molecule has 0 saturated heterocycles. The van der Waals surface area contributed by atoms with Crippen LogP contribution in [0.25, 0.3) is 0 Å². The zero-order valence-electron chi connectivity index (χ0n) is 15.1. The molecular formula is C21H25NO3. The maximum absolute atomic E-state index is 12.2. The highest BCUT2D eigenvalue weighted by molar-refractivity contribution is 5.98. The van der Waals surface area contributed by atoms with Gasteiger partial charge in [-0.2, -0.15) is 0 Å². The maximum Gasteiger partial charge on any atom is 0.220 e. The Kier molecular flexibility index (Phi) is 6.75. The fourth-order valence-electron chi connectivity index (χ4n) is 2.51. The van der Waals surface area contributed by atoms with Gasteiger partial charge in [0.25, 0.3) is 0 Å². The lowest BCUT2D eigenvalue weighted by atomic mass is 10.0. The van der Waals surface area contributed by atoms with Gasteiger partial charge in [-0.1, -0.05) is 24.3 Å². The van der Waals surface area contributed by atoms with E-state index in [-0.39, 0.29) is 24.5 Å². The van der Waals surface area contributed by atoms with E-state index in [1.807, 2.05) is 56.3 Å². The Morgan fingerprint density at radius 2 is 1.68 bits per heavy atom.